The van der Waals surface area contributed by atoms with E-state index in [0.29, 0.717) is 24.0 Å². The van der Waals surface area contributed by atoms with Gasteiger partial charge in [-0.05, 0) is 79.3 Å². The molecule has 0 spiro atoms. The van der Waals surface area contributed by atoms with Crippen LogP contribution in [0.4, 0.5) is 21.3 Å². The van der Waals surface area contributed by atoms with Gasteiger partial charge in [-0.2, -0.15) is 0 Å². The third kappa shape index (κ3) is 6.35. The molecule has 3 aromatic carbocycles. The highest BCUT2D eigenvalue weighted by Gasteiger charge is 2.25. The van der Waals surface area contributed by atoms with Gasteiger partial charge >= 0.3 is 12.0 Å². The highest BCUT2D eigenvalue weighted by molar-refractivity contribution is 7.22. The average Bonchev–Trinajstić information content (AvgIpc) is 3.45. The lowest BCUT2D eigenvalue weighted by atomic mass is 9.98. The number of nitrogens with one attached hydrogen (secondary N) is 1. The van der Waals surface area contributed by atoms with E-state index in [2.05, 4.69) is 44.5 Å². The van der Waals surface area contributed by atoms with Crippen molar-refractivity contribution in [1.29, 1.82) is 0 Å². The molecule has 3 heterocycles. The minimum absolute atomic E-state index is 0.138. The predicted octanol–water partition coefficient (Wildman–Crippen LogP) is 7.12. The van der Waals surface area contributed by atoms with Crippen molar-refractivity contribution >= 4 is 50.1 Å². The zero-order chi connectivity index (χ0) is 30.6. The molecule has 1 aliphatic heterocycles. The van der Waals surface area contributed by atoms with Crippen LogP contribution in [0, 0.1) is 0 Å². The van der Waals surface area contributed by atoms with Crippen molar-refractivity contribution in [2.75, 3.05) is 42.4 Å². The van der Waals surface area contributed by atoms with Crippen molar-refractivity contribution in [2.24, 2.45) is 0 Å². The number of urea groups is 1. The molecule has 2 aromatic heterocycles. The molecule has 5 aromatic rings. The van der Waals surface area contributed by atoms with Crippen LogP contribution in [0.5, 0.6) is 5.75 Å². The number of para-hydroxylation sites is 1. The highest BCUT2D eigenvalue weighted by Crippen LogP contribution is 2.34. The molecule has 0 radical (unpaired) electrons. The maximum Gasteiger partial charge on any atom is 0.358 e. The van der Waals surface area contributed by atoms with Gasteiger partial charge in [-0.3, -0.25) is 10.2 Å². The van der Waals surface area contributed by atoms with Gasteiger partial charge in [0.05, 0.1) is 22.5 Å². The number of ether oxygens (including phenoxy) is 1. The topological polar surface area (TPSA) is 108 Å². The van der Waals surface area contributed by atoms with E-state index in [4.69, 9.17) is 4.74 Å². The van der Waals surface area contributed by atoms with Crippen LogP contribution in [0.2, 0.25) is 0 Å². The first kappa shape index (κ1) is 29.1. The first-order valence-corrected chi connectivity index (χ1v) is 15.4. The van der Waals surface area contributed by atoms with Gasteiger partial charge in [-0.1, -0.05) is 47.7 Å². The van der Waals surface area contributed by atoms with Gasteiger partial charge in [-0.15, -0.1) is 0 Å². The normalized spacial score (nSPS) is 12.5. The fourth-order valence-electron chi connectivity index (χ4n) is 5.33. The number of amides is 2. The predicted molar refractivity (Wildman–Crippen MR) is 176 cm³/mol. The number of rotatable bonds is 9. The molecule has 0 saturated heterocycles. The van der Waals surface area contributed by atoms with Crippen LogP contribution in [0.15, 0.2) is 78.9 Å². The number of fused-ring (bicyclic) bond motifs is 2. The summed E-state index contributed by atoms with van der Waals surface area (Å²) < 4.78 is 6.88. The van der Waals surface area contributed by atoms with E-state index in [1.54, 1.807) is 17.0 Å². The first-order chi connectivity index (χ1) is 21.4. The number of pyridine rings is 1. The number of nitrogens with zero attached hydrogens (tertiary/aromatic N) is 4. The Morgan fingerprint density at radius 3 is 2.61 bits per heavy atom. The Morgan fingerprint density at radius 2 is 1.84 bits per heavy atom. The van der Waals surface area contributed by atoms with Crippen LogP contribution in [-0.4, -0.2) is 54.3 Å². The largest absolute Gasteiger partial charge is 0.491 e. The Hall–Kier alpha value is -4.96. The molecule has 2 N–H and O–H groups in total. The second-order valence-electron chi connectivity index (χ2n) is 10.9. The summed E-state index contributed by atoms with van der Waals surface area (Å²) in [6.45, 7) is 0.932. The Kier molecular flexibility index (Phi) is 8.42. The number of hydrogen-bond donors (Lipinski definition) is 2. The number of benzene rings is 3. The summed E-state index contributed by atoms with van der Waals surface area (Å²) in [5.41, 5.74) is 6.09. The van der Waals surface area contributed by atoms with E-state index in [9.17, 15) is 14.7 Å². The first-order valence-electron chi connectivity index (χ1n) is 14.6. The third-order valence-corrected chi connectivity index (χ3v) is 8.59. The molecule has 2 amide bonds. The lowest BCUT2D eigenvalue weighted by molar-refractivity contribution is 0.0685. The summed E-state index contributed by atoms with van der Waals surface area (Å²) in [7, 11) is 4.02. The van der Waals surface area contributed by atoms with E-state index in [1.165, 1.54) is 16.9 Å². The summed E-state index contributed by atoms with van der Waals surface area (Å²) in [6, 6.07) is 25.1. The molecule has 0 atom stereocenters. The molecule has 0 fully saturated rings. The maximum atomic E-state index is 13.4. The number of carboxylic acid groups (broad SMARTS) is 1. The minimum atomic E-state index is -1.16. The molecule has 1 aliphatic rings. The Labute approximate surface area is 259 Å². The van der Waals surface area contributed by atoms with Crippen LogP contribution < -0.4 is 19.9 Å². The van der Waals surface area contributed by atoms with E-state index < -0.39 is 5.97 Å². The number of thiazole rings is 1. The van der Waals surface area contributed by atoms with Crippen molar-refractivity contribution in [3.05, 3.63) is 95.7 Å². The second kappa shape index (κ2) is 12.7. The number of hydrogen-bond acceptors (Lipinski definition) is 7. The SMILES string of the molecule is CN(C)c1ccc(CCCOc2ccc(-c3ccc4c(c3)N(C(=O)Nc3nc5ccccc5s3)CCC4)nc2C(=O)O)cc1. The Bertz CT molecular complexity index is 1790. The van der Waals surface area contributed by atoms with Gasteiger partial charge in [0.15, 0.2) is 16.6 Å². The standard InChI is InChI=1S/C34H33N5O4S/c1-38(2)25-15-11-22(12-16-25)7-6-20-43-29-18-17-26(35-31(29)32(40)41)24-14-13-23-8-5-19-39(28(23)21-24)34(42)37-33-36-27-9-3-4-10-30(27)44-33/h3-4,9-18,21H,5-8,19-20H2,1-2H3,(H,40,41)(H,36,37,42). The summed E-state index contributed by atoms with van der Waals surface area (Å²) in [5, 5.41) is 13.4. The minimum Gasteiger partial charge on any atom is -0.491 e. The lowest BCUT2D eigenvalue weighted by Gasteiger charge is -2.29. The van der Waals surface area contributed by atoms with Crippen LogP contribution in [0.3, 0.4) is 0 Å². The van der Waals surface area contributed by atoms with E-state index in [1.807, 2.05) is 56.6 Å². The number of aromatic carboxylic acids is 1. The third-order valence-electron chi connectivity index (χ3n) is 7.63. The molecule has 0 unspecified atom stereocenters. The number of carboxylic acids is 1. The van der Waals surface area contributed by atoms with Crippen LogP contribution >= 0.6 is 11.3 Å². The average molecular weight is 608 g/mol. The van der Waals surface area contributed by atoms with Gasteiger partial charge in [0.25, 0.3) is 0 Å². The zero-order valence-electron chi connectivity index (χ0n) is 24.6. The Morgan fingerprint density at radius 1 is 1.02 bits per heavy atom. The van der Waals surface area contributed by atoms with Crippen molar-refractivity contribution in [1.82, 2.24) is 9.97 Å². The molecule has 6 rings (SSSR count). The van der Waals surface area contributed by atoms with Crippen molar-refractivity contribution in [2.45, 2.75) is 25.7 Å². The molecule has 44 heavy (non-hydrogen) atoms. The molecular formula is C34H33N5O4S. The van der Waals surface area contributed by atoms with Gasteiger partial charge in [-0.25, -0.2) is 19.6 Å². The molecule has 224 valence electrons. The maximum absolute atomic E-state index is 13.4. The van der Waals surface area contributed by atoms with Crippen LogP contribution in [0.25, 0.3) is 21.5 Å². The van der Waals surface area contributed by atoms with E-state index in [0.717, 1.165) is 58.4 Å². The molecule has 0 aliphatic carbocycles. The number of aromatic nitrogens is 2. The summed E-state index contributed by atoms with van der Waals surface area (Å²) in [4.78, 5) is 38.3. The number of aryl methyl sites for hydroxylation is 2. The monoisotopic (exact) mass is 607 g/mol. The van der Waals surface area contributed by atoms with E-state index >= 15 is 0 Å². The highest BCUT2D eigenvalue weighted by atomic mass is 32.1. The molecule has 9 nitrogen and oxygen atoms in total. The van der Waals surface area contributed by atoms with Gasteiger partial charge in [0, 0.05) is 37.6 Å². The summed E-state index contributed by atoms with van der Waals surface area (Å²) >= 11 is 1.43. The molecular weight excluding hydrogens is 574 g/mol. The van der Waals surface area contributed by atoms with Crippen molar-refractivity contribution in [3.8, 4) is 17.0 Å². The van der Waals surface area contributed by atoms with Gasteiger partial charge < -0.3 is 14.7 Å². The quantitative estimate of drug-likeness (QED) is 0.172. The smallest absolute Gasteiger partial charge is 0.358 e. The fourth-order valence-corrected chi connectivity index (χ4v) is 6.18. The Balaban J connectivity index is 1.16. The van der Waals surface area contributed by atoms with Crippen LogP contribution in [0.1, 0.15) is 34.5 Å². The summed E-state index contributed by atoms with van der Waals surface area (Å²) in [5.74, 6) is -0.921. The zero-order valence-corrected chi connectivity index (χ0v) is 25.4. The lowest BCUT2D eigenvalue weighted by Crippen LogP contribution is -2.38. The van der Waals surface area contributed by atoms with Gasteiger partial charge in [0.2, 0.25) is 0 Å². The molecule has 10 heteroatoms. The van der Waals surface area contributed by atoms with Crippen LogP contribution in [-0.2, 0) is 12.8 Å². The number of carbonyl (C=O) groups is 2. The fraction of sp³-hybridized carbons (Fsp3) is 0.235. The number of carbonyl (C=O) groups excluding carboxylic acids is 1. The number of anilines is 3. The molecule has 0 bridgehead atoms. The van der Waals surface area contributed by atoms with E-state index in [-0.39, 0.29) is 17.5 Å². The summed E-state index contributed by atoms with van der Waals surface area (Å²) in [6.07, 6.45) is 3.25. The molecule has 0 saturated carbocycles. The van der Waals surface area contributed by atoms with Gasteiger partial charge in [0.1, 0.15) is 0 Å². The second-order valence-corrected chi connectivity index (χ2v) is 11.9. The van der Waals surface area contributed by atoms with Crippen molar-refractivity contribution in [3.63, 3.8) is 0 Å². The van der Waals surface area contributed by atoms with Crippen molar-refractivity contribution < 1.29 is 19.4 Å².